The molecular weight excluding hydrogens is 290 g/mol. The number of hydrogen-bond acceptors (Lipinski definition) is 5. The topological polar surface area (TPSA) is 64.9 Å². The Morgan fingerprint density at radius 2 is 1.61 bits per heavy atom. The Morgan fingerprint density at radius 1 is 0.826 bits per heavy atom. The van der Waals surface area contributed by atoms with Gasteiger partial charge in [-0.1, -0.05) is 30.3 Å². The first kappa shape index (κ1) is 13.3. The van der Waals surface area contributed by atoms with Crippen LogP contribution in [0, 0.1) is 0 Å². The van der Waals surface area contributed by atoms with Crippen LogP contribution < -0.4 is 10.2 Å². The highest BCUT2D eigenvalue weighted by Crippen LogP contribution is 2.26. The number of fused-ring (bicyclic) bond motifs is 1. The summed E-state index contributed by atoms with van der Waals surface area (Å²) >= 11 is 0. The molecule has 0 atom stereocenters. The zero-order chi connectivity index (χ0) is 15.5. The van der Waals surface area contributed by atoms with Crippen LogP contribution in [0.3, 0.4) is 0 Å². The molecule has 3 aromatic carbocycles. The number of nitrogens with zero attached hydrogens (tertiary/aromatic N) is 4. The lowest BCUT2D eigenvalue weighted by Crippen LogP contribution is -2.09. The normalized spacial score (nSPS) is 10.6. The van der Waals surface area contributed by atoms with E-state index in [4.69, 9.17) is 4.74 Å². The predicted octanol–water partition coefficient (Wildman–Crippen LogP) is 3.49. The van der Waals surface area contributed by atoms with E-state index in [1.807, 2.05) is 48.5 Å². The molecule has 0 spiro atoms. The third-order valence-electron chi connectivity index (χ3n) is 3.40. The Kier molecular flexibility index (Phi) is 3.32. The molecule has 4 rings (SSSR count). The van der Waals surface area contributed by atoms with Gasteiger partial charge in [0.15, 0.2) is 6.33 Å². The Labute approximate surface area is 132 Å². The molecule has 0 aliphatic carbocycles. The number of anilines is 1. The van der Waals surface area contributed by atoms with Crippen LogP contribution in [0.4, 0.5) is 5.69 Å². The Balaban J connectivity index is 1.51. The summed E-state index contributed by atoms with van der Waals surface area (Å²) in [5.74, 6) is 1.58. The highest BCUT2D eigenvalue weighted by atomic mass is 16.5. The van der Waals surface area contributed by atoms with Gasteiger partial charge in [0.1, 0.15) is 11.5 Å². The van der Waals surface area contributed by atoms with Crippen molar-refractivity contribution in [3.63, 3.8) is 0 Å². The van der Waals surface area contributed by atoms with Crippen LogP contribution in [0.25, 0.3) is 10.8 Å². The first-order valence-corrected chi connectivity index (χ1v) is 7.14. The summed E-state index contributed by atoms with van der Waals surface area (Å²) in [4.78, 5) is 1.43. The molecule has 0 saturated carbocycles. The second kappa shape index (κ2) is 5.76. The summed E-state index contributed by atoms with van der Waals surface area (Å²) in [6, 6.07) is 21.8. The van der Waals surface area contributed by atoms with Crippen molar-refractivity contribution in [3.05, 3.63) is 73.1 Å². The summed E-state index contributed by atoms with van der Waals surface area (Å²) in [6.07, 6.45) is 1.49. The van der Waals surface area contributed by atoms with Crippen molar-refractivity contribution in [2.24, 2.45) is 0 Å². The molecule has 0 aliphatic heterocycles. The second-order valence-electron chi connectivity index (χ2n) is 5.00. The summed E-state index contributed by atoms with van der Waals surface area (Å²) in [5.41, 5.74) is 3.89. The van der Waals surface area contributed by atoms with Gasteiger partial charge in [-0.15, -0.1) is 9.89 Å². The van der Waals surface area contributed by atoms with Crippen LogP contribution >= 0.6 is 0 Å². The van der Waals surface area contributed by atoms with Crippen molar-refractivity contribution in [1.29, 1.82) is 0 Å². The molecule has 1 heterocycles. The average molecular weight is 303 g/mol. The van der Waals surface area contributed by atoms with Crippen molar-refractivity contribution in [1.82, 2.24) is 20.3 Å². The van der Waals surface area contributed by atoms with E-state index in [1.54, 1.807) is 0 Å². The fraction of sp³-hybridized carbons (Fsp3) is 0. The van der Waals surface area contributed by atoms with Crippen molar-refractivity contribution in [2.45, 2.75) is 0 Å². The zero-order valence-electron chi connectivity index (χ0n) is 12.1. The number of hydrogen-bond donors (Lipinski definition) is 1. The fourth-order valence-electron chi connectivity index (χ4n) is 2.31. The van der Waals surface area contributed by atoms with Crippen LogP contribution in [0.1, 0.15) is 0 Å². The molecule has 1 N–H and O–H groups in total. The Morgan fingerprint density at radius 3 is 2.39 bits per heavy atom. The van der Waals surface area contributed by atoms with Crippen molar-refractivity contribution < 1.29 is 4.74 Å². The third-order valence-corrected chi connectivity index (χ3v) is 3.40. The molecule has 23 heavy (non-hydrogen) atoms. The van der Waals surface area contributed by atoms with Gasteiger partial charge in [-0.3, -0.25) is 5.43 Å². The minimum atomic E-state index is 0.766. The average Bonchev–Trinajstić information content (AvgIpc) is 3.10. The number of nitrogens with one attached hydrogen (secondary N) is 1. The Hall–Kier alpha value is -3.41. The minimum Gasteiger partial charge on any atom is -0.457 e. The van der Waals surface area contributed by atoms with E-state index in [-0.39, 0.29) is 0 Å². The largest absolute Gasteiger partial charge is 0.457 e. The quantitative estimate of drug-likeness (QED) is 0.625. The molecule has 0 saturated heterocycles. The minimum absolute atomic E-state index is 0.766. The SMILES string of the molecule is c1ccc2cc(Oc3ccc(Nn4cnnn4)cc3)ccc2c1. The molecule has 0 unspecified atom stereocenters. The third kappa shape index (κ3) is 2.96. The van der Waals surface area contributed by atoms with Gasteiger partial charge >= 0.3 is 0 Å². The van der Waals surface area contributed by atoms with Gasteiger partial charge in [0.2, 0.25) is 0 Å². The van der Waals surface area contributed by atoms with E-state index in [0.29, 0.717) is 0 Å². The lowest BCUT2D eigenvalue weighted by atomic mass is 10.1. The van der Waals surface area contributed by atoms with Gasteiger partial charge in [-0.25, -0.2) is 0 Å². The fourth-order valence-corrected chi connectivity index (χ4v) is 2.31. The molecular formula is C17H13N5O. The number of rotatable bonds is 4. The predicted molar refractivity (Wildman–Crippen MR) is 87.3 cm³/mol. The molecule has 0 radical (unpaired) electrons. The maximum Gasteiger partial charge on any atom is 0.161 e. The molecule has 0 bridgehead atoms. The van der Waals surface area contributed by atoms with Gasteiger partial charge in [0.05, 0.1) is 5.69 Å². The van der Waals surface area contributed by atoms with E-state index in [1.165, 1.54) is 16.5 Å². The van der Waals surface area contributed by atoms with Crippen molar-refractivity contribution in [2.75, 3.05) is 5.43 Å². The number of tetrazole rings is 1. The summed E-state index contributed by atoms with van der Waals surface area (Å²) in [5, 5.41) is 13.2. The van der Waals surface area contributed by atoms with Crippen molar-refractivity contribution >= 4 is 16.5 Å². The van der Waals surface area contributed by atoms with Crippen molar-refractivity contribution in [3.8, 4) is 11.5 Å². The number of ether oxygens (including phenoxy) is 1. The van der Waals surface area contributed by atoms with Gasteiger partial charge < -0.3 is 4.74 Å². The van der Waals surface area contributed by atoms with Gasteiger partial charge in [-0.05, 0) is 57.6 Å². The lowest BCUT2D eigenvalue weighted by Gasteiger charge is -2.08. The highest BCUT2D eigenvalue weighted by Gasteiger charge is 2.00. The molecule has 6 nitrogen and oxygen atoms in total. The summed E-state index contributed by atoms with van der Waals surface area (Å²) in [7, 11) is 0. The molecule has 0 fully saturated rings. The van der Waals surface area contributed by atoms with E-state index >= 15 is 0 Å². The molecule has 6 heteroatoms. The van der Waals surface area contributed by atoms with Crippen LogP contribution in [-0.4, -0.2) is 20.3 Å². The van der Waals surface area contributed by atoms with Crippen LogP contribution in [0.5, 0.6) is 11.5 Å². The summed E-state index contributed by atoms with van der Waals surface area (Å²) in [6.45, 7) is 0. The van der Waals surface area contributed by atoms with Gasteiger partial charge in [0.25, 0.3) is 0 Å². The molecule has 1 aromatic heterocycles. The van der Waals surface area contributed by atoms with E-state index in [0.717, 1.165) is 22.6 Å². The lowest BCUT2D eigenvalue weighted by molar-refractivity contribution is 0.483. The van der Waals surface area contributed by atoms with E-state index in [9.17, 15) is 0 Å². The number of benzene rings is 3. The maximum absolute atomic E-state index is 5.90. The van der Waals surface area contributed by atoms with Crippen LogP contribution in [0.2, 0.25) is 0 Å². The monoisotopic (exact) mass is 303 g/mol. The van der Waals surface area contributed by atoms with Gasteiger partial charge in [-0.2, -0.15) is 0 Å². The first-order chi connectivity index (χ1) is 11.4. The standard InChI is InChI=1S/C17H13N5O/c1-2-4-14-11-17(8-5-13(14)3-1)23-16-9-6-15(7-10-16)19-22-12-18-20-21-22/h1-12,19H. The van der Waals surface area contributed by atoms with Gasteiger partial charge in [0, 0.05) is 0 Å². The highest BCUT2D eigenvalue weighted by molar-refractivity contribution is 5.83. The molecule has 0 amide bonds. The van der Waals surface area contributed by atoms with Crippen LogP contribution in [0.15, 0.2) is 73.1 Å². The molecule has 112 valence electrons. The molecule has 0 aliphatic rings. The molecule has 4 aromatic rings. The van der Waals surface area contributed by atoms with E-state index < -0.39 is 0 Å². The smallest absolute Gasteiger partial charge is 0.161 e. The van der Waals surface area contributed by atoms with E-state index in [2.05, 4.69) is 39.2 Å². The second-order valence-corrected chi connectivity index (χ2v) is 5.00. The zero-order valence-corrected chi connectivity index (χ0v) is 12.1. The summed E-state index contributed by atoms with van der Waals surface area (Å²) < 4.78 is 5.90. The Bertz CT molecular complexity index is 919. The maximum atomic E-state index is 5.90. The van der Waals surface area contributed by atoms with Crippen LogP contribution in [-0.2, 0) is 0 Å². The number of aromatic nitrogens is 4. The first-order valence-electron chi connectivity index (χ1n) is 7.14.